The molecule has 0 spiro atoms. The van der Waals surface area contributed by atoms with Gasteiger partial charge < -0.3 is 10.2 Å². The third-order valence-corrected chi connectivity index (χ3v) is 4.51. The van der Waals surface area contributed by atoms with Crippen LogP contribution in [-0.4, -0.2) is 24.6 Å². The normalized spacial score (nSPS) is 26.6. The fourth-order valence-corrected chi connectivity index (χ4v) is 3.56. The van der Waals surface area contributed by atoms with E-state index in [0.29, 0.717) is 0 Å². The Labute approximate surface area is 110 Å². The summed E-state index contributed by atoms with van der Waals surface area (Å²) in [5.74, 6) is 1.90. The predicted molar refractivity (Wildman–Crippen MR) is 74.7 cm³/mol. The second-order valence-electron chi connectivity index (χ2n) is 5.64. The molecule has 1 aromatic heterocycles. The Kier molecular flexibility index (Phi) is 3.50. The minimum absolute atomic E-state index is 0.936. The van der Waals surface area contributed by atoms with E-state index in [1.165, 1.54) is 43.6 Å². The molecule has 1 N–H and O–H groups in total. The average Bonchev–Trinajstić information content (AvgIpc) is 2.97. The maximum atomic E-state index is 4.28. The van der Waals surface area contributed by atoms with E-state index in [9.17, 15) is 0 Å². The van der Waals surface area contributed by atoms with Crippen LogP contribution in [0, 0.1) is 11.8 Å². The predicted octanol–water partition coefficient (Wildman–Crippen LogP) is 2.43. The zero-order valence-electron chi connectivity index (χ0n) is 11.2. The van der Waals surface area contributed by atoms with Gasteiger partial charge in [-0.05, 0) is 37.3 Å². The van der Waals surface area contributed by atoms with Crippen LogP contribution >= 0.6 is 0 Å². The largest absolute Gasteiger partial charge is 0.371 e. The lowest BCUT2D eigenvalue weighted by molar-refractivity contribution is 0.494. The summed E-state index contributed by atoms with van der Waals surface area (Å²) in [6.45, 7) is 6.61. The van der Waals surface area contributed by atoms with E-state index in [0.717, 1.165) is 24.9 Å². The zero-order valence-corrected chi connectivity index (χ0v) is 11.2. The number of hydrogen-bond acceptors (Lipinski definition) is 3. The molecule has 2 atom stereocenters. The van der Waals surface area contributed by atoms with Gasteiger partial charge in [0.05, 0.1) is 0 Å². The van der Waals surface area contributed by atoms with Gasteiger partial charge in [-0.1, -0.05) is 13.3 Å². The lowest BCUT2D eigenvalue weighted by atomic mass is 10.0. The molecule has 0 amide bonds. The van der Waals surface area contributed by atoms with Gasteiger partial charge in [0.2, 0.25) is 0 Å². The van der Waals surface area contributed by atoms with E-state index >= 15 is 0 Å². The molecule has 3 rings (SSSR count). The summed E-state index contributed by atoms with van der Waals surface area (Å²) in [6.07, 6.45) is 8.28. The van der Waals surface area contributed by atoms with Gasteiger partial charge in [-0.15, -0.1) is 0 Å². The second-order valence-corrected chi connectivity index (χ2v) is 5.64. The summed E-state index contributed by atoms with van der Waals surface area (Å²) in [6, 6.07) is 2.19. The zero-order chi connectivity index (χ0) is 12.4. The number of hydrogen-bond donors (Lipinski definition) is 1. The summed E-state index contributed by atoms with van der Waals surface area (Å²) >= 11 is 0. The molecule has 18 heavy (non-hydrogen) atoms. The van der Waals surface area contributed by atoms with E-state index < -0.39 is 0 Å². The smallest absolute Gasteiger partial charge is 0.0443 e. The Balaban J connectivity index is 1.75. The molecule has 2 fully saturated rings. The number of aromatic nitrogens is 1. The minimum atomic E-state index is 0.936. The Morgan fingerprint density at radius 2 is 2.11 bits per heavy atom. The van der Waals surface area contributed by atoms with Crippen molar-refractivity contribution in [2.45, 2.75) is 32.7 Å². The van der Waals surface area contributed by atoms with Crippen LogP contribution in [0.1, 0.15) is 31.7 Å². The lowest BCUT2D eigenvalue weighted by Gasteiger charge is -2.22. The minimum Gasteiger partial charge on any atom is -0.371 e. The van der Waals surface area contributed by atoms with Crippen LogP contribution in [0.4, 0.5) is 5.69 Å². The van der Waals surface area contributed by atoms with Crippen molar-refractivity contribution in [1.82, 2.24) is 10.3 Å². The van der Waals surface area contributed by atoms with Gasteiger partial charge in [-0.3, -0.25) is 4.98 Å². The number of anilines is 1. The molecular weight excluding hydrogens is 222 g/mol. The van der Waals surface area contributed by atoms with Crippen molar-refractivity contribution >= 4 is 5.69 Å². The number of fused-ring (bicyclic) bond motifs is 1. The van der Waals surface area contributed by atoms with Crippen LogP contribution in [0.25, 0.3) is 0 Å². The van der Waals surface area contributed by atoms with E-state index in [4.69, 9.17) is 0 Å². The summed E-state index contributed by atoms with van der Waals surface area (Å²) in [4.78, 5) is 6.86. The van der Waals surface area contributed by atoms with Gasteiger partial charge >= 0.3 is 0 Å². The van der Waals surface area contributed by atoms with Gasteiger partial charge in [0.25, 0.3) is 0 Å². The van der Waals surface area contributed by atoms with Gasteiger partial charge in [0, 0.05) is 43.3 Å². The summed E-state index contributed by atoms with van der Waals surface area (Å²) in [5.41, 5.74) is 2.75. The number of nitrogens with one attached hydrogen (secondary N) is 1. The van der Waals surface area contributed by atoms with Gasteiger partial charge in [0.1, 0.15) is 0 Å². The second kappa shape index (κ2) is 5.27. The Bertz CT molecular complexity index is 392. The highest BCUT2D eigenvalue weighted by Gasteiger charge is 2.36. The fraction of sp³-hybridized carbons (Fsp3) is 0.667. The molecule has 98 valence electrons. The standard InChI is InChI=1S/C15H23N3/c1-2-16-8-14-9-17-7-6-15(14)18-10-12-4-3-5-13(12)11-18/h6-7,9,12-13,16H,2-5,8,10-11H2,1H3. The van der Waals surface area contributed by atoms with Crippen molar-refractivity contribution in [3.05, 3.63) is 24.0 Å². The highest BCUT2D eigenvalue weighted by atomic mass is 15.2. The average molecular weight is 245 g/mol. The highest BCUT2D eigenvalue weighted by Crippen LogP contribution is 2.40. The van der Waals surface area contributed by atoms with Crippen LogP contribution in [0.15, 0.2) is 18.5 Å². The van der Waals surface area contributed by atoms with Crippen molar-refractivity contribution in [3.8, 4) is 0 Å². The molecule has 0 aromatic carbocycles. The Morgan fingerprint density at radius 1 is 1.33 bits per heavy atom. The van der Waals surface area contributed by atoms with Gasteiger partial charge in [-0.25, -0.2) is 0 Å². The van der Waals surface area contributed by atoms with E-state index in [1.54, 1.807) is 0 Å². The molecule has 2 unspecified atom stereocenters. The van der Waals surface area contributed by atoms with Gasteiger partial charge in [-0.2, -0.15) is 0 Å². The first-order valence-electron chi connectivity index (χ1n) is 7.27. The van der Waals surface area contributed by atoms with Crippen LogP contribution in [0.2, 0.25) is 0 Å². The van der Waals surface area contributed by atoms with Crippen molar-refractivity contribution in [3.63, 3.8) is 0 Å². The molecule has 2 aliphatic rings. The van der Waals surface area contributed by atoms with Crippen LogP contribution in [0.3, 0.4) is 0 Å². The first-order chi connectivity index (χ1) is 8.88. The van der Waals surface area contributed by atoms with E-state index in [-0.39, 0.29) is 0 Å². The molecule has 3 nitrogen and oxygen atoms in total. The third kappa shape index (κ3) is 2.24. The SMILES string of the molecule is CCNCc1cnccc1N1CC2CCCC2C1. The van der Waals surface area contributed by atoms with Crippen molar-refractivity contribution in [2.24, 2.45) is 11.8 Å². The molecule has 1 aliphatic carbocycles. The van der Waals surface area contributed by atoms with E-state index in [2.05, 4.69) is 28.2 Å². The molecule has 1 saturated heterocycles. The summed E-state index contributed by atoms with van der Waals surface area (Å²) in [5, 5.41) is 3.41. The quantitative estimate of drug-likeness (QED) is 0.883. The number of rotatable bonds is 4. The lowest BCUT2D eigenvalue weighted by Crippen LogP contribution is -2.23. The van der Waals surface area contributed by atoms with Crippen LogP contribution in [0.5, 0.6) is 0 Å². The highest BCUT2D eigenvalue weighted by molar-refractivity contribution is 5.53. The van der Waals surface area contributed by atoms with Crippen molar-refractivity contribution < 1.29 is 0 Å². The molecule has 1 aliphatic heterocycles. The molecule has 1 saturated carbocycles. The number of pyridine rings is 1. The van der Waals surface area contributed by atoms with Crippen LogP contribution in [-0.2, 0) is 6.54 Å². The van der Waals surface area contributed by atoms with Crippen molar-refractivity contribution in [2.75, 3.05) is 24.5 Å². The molecule has 2 heterocycles. The molecule has 1 aromatic rings. The number of nitrogens with zero attached hydrogens (tertiary/aromatic N) is 2. The Hall–Kier alpha value is -1.09. The van der Waals surface area contributed by atoms with Crippen molar-refractivity contribution in [1.29, 1.82) is 0 Å². The topological polar surface area (TPSA) is 28.2 Å². The van der Waals surface area contributed by atoms with Gasteiger partial charge in [0.15, 0.2) is 0 Å². The van der Waals surface area contributed by atoms with E-state index in [1.807, 2.05) is 12.4 Å². The fourth-order valence-electron chi connectivity index (χ4n) is 3.56. The monoisotopic (exact) mass is 245 g/mol. The first-order valence-corrected chi connectivity index (χ1v) is 7.27. The Morgan fingerprint density at radius 3 is 2.83 bits per heavy atom. The molecule has 0 bridgehead atoms. The summed E-state index contributed by atoms with van der Waals surface area (Å²) in [7, 11) is 0. The van der Waals surface area contributed by atoms with Crippen LogP contribution < -0.4 is 10.2 Å². The third-order valence-electron chi connectivity index (χ3n) is 4.51. The summed E-state index contributed by atoms with van der Waals surface area (Å²) < 4.78 is 0. The maximum Gasteiger partial charge on any atom is 0.0443 e. The maximum absolute atomic E-state index is 4.28. The molecule has 3 heteroatoms. The molecule has 0 radical (unpaired) electrons. The molecular formula is C15H23N3. The first kappa shape index (κ1) is 12.0.